The average Bonchev–Trinajstić information content (AvgIpc) is 3.25. The van der Waals surface area contributed by atoms with E-state index in [0.29, 0.717) is 25.2 Å². The van der Waals surface area contributed by atoms with Crippen molar-refractivity contribution >= 4 is 0 Å². The van der Waals surface area contributed by atoms with E-state index >= 15 is 0 Å². The van der Waals surface area contributed by atoms with E-state index in [0.717, 1.165) is 17.8 Å². The molecule has 4 rings (SSSR count). The second-order valence-corrected chi connectivity index (χ2v) is 6.49. The van der Waals surface area contributed by atoms with Gasteiger partial charge in [-0.25, -0.2) is 13.5 Å². The predicted molar refractivity (Wildman–Crippen MR) is 91.5 cm³/mol. The Bertz CT molecular complexity index is 900. The molecule has 2 aromatic carbocycles. The SMILES string of the molecule is O[C@H]1C[C@@H](c2cc(F)ccc2F)N(Cc2cn(-c3ccccc3)nn2)C1. The summed E-state index contributed by atoms with van der Waals surface area (Å²) in [6.07, 6.45) is 1.57. The zero-order chi connectivity index (χ0) is 18.1. The second-order valence-electron chi connectivity index (χ2n) is 6.49. The van der Waals surface area contributed by atoms with Crippen LogP contribution in [-0.4, -0.2) is 37.6 Å². The summed E-state index contributed by atoms with van der Waals surface area (Å²) < 4.78 is 29.4. The number of hydrogen-bond acceptors (Lipinski definition) is 4. The van der Waals surface area contributed by atoms with E-state index in [-0.39, 0.29) is 5.56 Å². The molecule has 5 nitrogen and oxygen atoms in total. The van der Waals surface area contributed by atoms with Gasteiger partial charge in [0.1, 0.15) is 11.6 Å². The number of hydrogen-bond donors (Lipinski definition) is 1. The molecule has 0 amide bonds. The standard InChI is InChI=1S/C19H18F2N4O/c20-13-6-7-18(21)17(8-13)19-9-16(26)12-24(19)10-14-11-25(23-22-14)15-4-2-1-3-5-15/h1-8,11,16,19,26H,9-10,12H2/t16-,19-/m0/s1. The molecule has 1 fully saturated rings. The number of halogens is 2. The maximum absolute atomic E-state index is 14.2. The fourth-order valence-corrected chi connectivity index (χ4v) is 3.43. The van der Waals surface area contributed by atoms with E-state index in [2.05, 4.69) is 10.3 Å². The lowest BCUT2D eigenvalue weighted by Gasteiger charge is -2.23. The third-order valence-electron chi connectivity index (χ3n) is 4.63. The van der Waals surface area contributed by atoms with Crippen molar-refractivity contribution in [3.63, 3.8) is 0 Å². The number of benzene rings is 2. The van der Waals surface area contributed by atoms with Crippen LogP contribution in [0, 0.1) is 11.6 Å². The van der Waals surface area contributed by atoms with Crippen molar-refractivity contribution in [1.29, 1.82) is 0 Å². The van der Waals surface area contributed by atoms with E-state index < -0.39 is 23.8 Å². The Hall–Kier alpha value is -2.64. The fraction of sp³-hybridized carbons (Fsp3) is 0.263. The van der Waals surface area contributed by atoms with E-state index in [1.165, 1.54) is 6.07 Å². The molecule has 0 spiro atoms. The highest BCUT2D eigenvalue weighted by atomic mass is 19.1. The van der Waals surface area contributed by atoms with Crippen LogP contribution in [0.5, 0.6) is 0 Å². The molecule has 2 atom stereocenters. The number of nitrogens with zero attached hydrogens (tertiary/aromatic N) is 4. The Morgan fingerprint density at radius 1 is 1.12 bits per heavy atom. The van der Waals surface area contributed by atoms with Crippen molar-refractivity contribution < 1.29 is 13.9 Å². The molecule has 1 aliphatic heterocycles. The van der Waals surface area contributed by atoms with Gasteiger partial charge in [-0.3, -0.25) is 4.90 Å². The lowest BCUT2D eigenvalue weighted by molar-refractivity contribution is 0.172. The number of aliphatic hydroxyl groups is 1. The summed E-state index contributed by atoms with van der Waals surface area (Å²) in [7, 11) is 0. The van der Waals surface area contributed by atoms with Gasteiger partial charge in [-0.1, -0.05) is 23.4 Å². The van der Waals surface area contributed by atoms with Gasteiger partial charge in [0.05, 0.1) is 23.7 Å². The molecule has 3 aromatic rings. The summed E-state index contributed by atoms with van der Waals surface area (Å²) >= 11 is 0. The highest BCUT2D eigenvalue weighted by Crippen LogP contribution is 2.34. The van der Waals surface area contributed by atoms with Gasteiger partial charge in [0, 0.05) is 24.7 Å². The van der Waals surface area contributed by atoms with Crippen molar-refractivity contribution in [2.24, 2.45) is 0 Å². The van der Waals surface area contributed by atoms with Crippen molar-refractivity contribution in [3.05, 3.63) is 77.6 Å². The molecule has 26 heavy (non-hydrogen) atoms. The third kappa shape index (κ3) is 3.36. The number of para-hydroxylation sites is 1. The third-order valence-corrected chi connectivity index (χ3v) is 4.63. The van der Waals surface area contributed by atoms with Crippen LogP contribution < -0.4 is 0 Å². The van der Waals surface area contributed by atoms with Gasteiger partial charge in [0.15, 0.2) is 0 Å². The molecule has 7 heteroatoms. The lowest BCUT2D eigenvalue weighted by atomic mass is 10.0. The van der Waals surface area contributed by atoms with Gasteiger partial charge < -0.3 is 5.11 Å². The number of β-amino-alcohol motifs (C(OH)–C–C–N with tert-alkyl or cyclic N) is 1. The Morgan fingerprint density at radius 3 is 2.73 bits per heavy atom. The first-order valence-electron chi connectivity index (χ1n) is 8.44. The van der Waals surface area contributed by atoms with Crippen LogP contribution in [-0.2, 0) is 6.54 Å². The first-order valence-corrected chi connectivity index (χ1v) is 8.44. The quantitative estimate of drug-likeness (QED) is 0.781. The normalized spacial score (nSPS) is 20.6. The second kappa shape index (κ2) is 6.93. The molecule has 134 valence electrons. The monoisotopic (exact) mass is 356 g/mol. The van der Waals surface area contributed by atoms with Crippen molar-refractivity contribution in [2.45, 2.75) is 25.1 Å². The van der Waals surface area contributed by atoms with Crippen molar-refractivity contribution in [2.75, 3.05) is 6.54 Å². The molecule has 0 bridgehead atoms. The Balaban J connectivity index is 1.57. The summed E-state index contributed by atoms with van der Waals surface area (Å²) in [5.41, 5.74) is 1.85. The predicted octanol–water partition coefficient (Wildman–Crippen LogP) is 2.85. The molecule has 0 saturated carbocycles. The fourth-order valence-electron chi connectivity index (χ4n) is 3.43. The first-order chi connectivity index (χ1) is 12.6. The molecule has 1 N–H and O–H groups in total. The van der Waals surface area contributed by atoms with Gasteiger partial charge in [0.25, 0.3) is 0 Å². The molecule has 2 heterocycles. The first kappa shape index (κ1) is 16.8. The molecule has 1 saturated heterocycles. The maximum atomic E-state index is 14.2. The van der Waals surface area contributed by atoms with Gasteiger partial charge in [-0.2, -0.15) is 0 Å². The Kier molecular flexibility index (Phi) is 4.48. The molecule has 0 radical (unpaired) electrons. The van der Waals surface area contributed by atoms with Crippen LogP contribution in [0.15, 0.2) is 54.7 Å². The summed E-state index contributed by atoms with van der Waals surface area (Å²) in [6, 6.07) is 12.6. The molecule has 1 aliphatic rings. The van der Waals surface area contributed by atoms with E-state index in [1.54, 1.807) is 10.9 Å². The van der Waals surface area contributed by atoms with Crippen LogP contribution in [0.3, 0.4) is 0 Å². The van der Waals surface area contributed by atoms with Crippen LogP contribution in [0.1, 0.15) is 23.7 Å². The van der Waals surface area contributed by atoms with E-state index in [1.807, 2.05) is 35.2 Å². The van der Waals surface area contributed by atoms with Gasteiger partial charge in [-0.05, 0) is 36.8 Å². The minimum atomic E-state index is -0.591. The van der Waals surface area contributed by atoms with Crippen molar-refractivity contribution in [3.8, 4) is 5.69 Å². The Morgan fingerprint density at radius 2 is 1.92 bits per heavy atom. The molecular formula is C19H18F2N4O. The molecule has 0 aliphatic carbocycles. The van der Waals surface area contributed by atoms with Gasteiger partial charge >= 0.3 is 0 Å². The smallest absolute Gasteiger partial charge is 0.128 e. The van der Waals surface area contributed by atoms with E-state index in [9.17, 15) is 13.9 Å². The maximum Gasteiger partial charge on any atom is 0.128 e. The highest BCUT2D eigenvalue weighted by molar-refractivity contribution is 5.30. The van der Waals surface area contributed by atoms with Crippen molar-refractivity contribution in [1.82, 2.24) is 19.9 Å². The lowest BCUT2D eigenvalue weighted by Crippen LogP contribution is -2.25. The highest BCUT2D eigenvalue weighted by Gasteiger charge is 2.34. The molecule has 1 aromatic heterocycles. The van der Waals surface area contributed by atoms with Crippen LogP contribution in [0.4, 0.5) is 8.78 Å². The zero-order valence-electron chi connectivity index (χ0n) is 14.0. The Labute approximate surface area is 149 Å². The molecule has 0 unspecified atom stereocenters. The molecular weight excluding hydrogens is 338 g/mol. The van der Waals surface area contributed by atoms with Gasteiger partial charge in [0.2, 0.25) is 0 Å². The largest absolute Gasteiger partial charge is 0.392 e. The van der Waals surface area contributed by atoms with Gasteiger partial charge in [-0.15, -0.1) is 5.10 Å². The minimum Gasteiger partial charge on any atom is -0.392 e. The van der Waals surface area contributed by atoms with E-state index in [4.69, 9.17) is 0 Å². The van der Waals surface area contributed by atoms with Crippen LogP contribution in [0.25, 0.3) is 5.69 Å². The zero-order valence-corrected chi connectivity index (χ0v) is 14.0. The number of aromatic nitrogens is 3. The summed E-state index contributed by atoms with van der Waals surface area (Å²) in [6.45, 7) is 0.767. The summed E-state index contributed by atoms with van der Waals surface area (Å²) in [4.78, 5) is 1.90. The van der Waals surface area contributed by atoms with Crippen LogP contribution >= 0.6 is 0 Å². The summed E-state index contributed by atoms with van der Waals surface area (Å²) in [5.74, 6) is -0.957. The number of aliphatic hydroxyl groups excluding tert-OH is 1. The number of rotatable bonds is 4. The topological polar surface area (TPSA) is 54.2 Å². The number of likely N-dealkylation sites (tertiary alicyclic amines) is 1. The minimum absolute atomic E-state index is 0.261. The van der Waals surface area contributed by atoms with Crippen LogP contribution in [0.2, 0.25) is 0 Å². The average molecular weight is 356 g/mol. The summed E-state index contributed by atoms with van der Waals surface area (Å²) in [5, 5.41) is 18.3.